The molecular formula is C18H23N3O4S. The van der Waals surface area contributed by atoms with E-state index in [1.54, 1.807) is 31.6 Å². The van der Waals surface area contributed by atoms with Crippen LogP contribution in [0.3, 0.4) is 0 Å². The zero-order chi connectivity index (χ0) is 18.6. The van der Waals surface area contributed by atoms with Gasteiger partial charge in [0.25, 0.3) is 0 Å². The molecule has 26 heavy (non-hydrogen) atoms. The zero-order valence-corrected chi connectivity index (χ0v) is 15.7. The van der Waals surface area contributed by atoms with Gasteiger partial charge in [0.2, 0.25) is 10.0 Å². The van der Waals surface area contributed by atoms with E-state index in [0.29, 0.717) is 25.3 Å². The second kappa shape index (κ2) is 8.11. The Morgan fingerprint density at radius 3 is 2.58 bits per heavy atom. The van der Waals surface area contributed by atoms with Crippen LogP contribution in [-0.4, -0.2) is 37.4 Å². The molecule has 2 atom stereocenters. The van der Waals surface area contributed by atoms with E-state index in [1.165, 1.54) is 0 Å². The summed E-state index contributed by atoms with van der Waals surface area (Å²) in [5.41, 5.74) is 1.77. The maximum atomic E-state index is 12.9. The number of hydrogen-bond donors (Lipinski definition) is 1. The van der Waals surface area contributed by atoms with Gasteiger partial charge < -0.3 is 9.47 Å². The third-order valence-corrected chi connectivity index (χ3v) is 6.19. The normalized spacial score (nSPS) is 20.7. The summed E-state index contributed by atoms with van der Waals surface area (Å²) in [5, 5.41) is -0.711. The van der Waals surface area contributed by atoms with Crippen molar-refractivity contribution < 1.29 is 17.9 Å². The Hall–Kier alpha value is -2.03. The van der Waals surface area contributed by atoms with Gasteiger partial charge in [-0.25, -0.2) is 23.1 Å². The second-order valence-electron chi connectivity index (χ2n) is 6.30. The van der Waals surface area contributed by atoms with E-state index >= 15 is 0 Å². The molecular weight excluding hydrogens is 354 g/mol. The number of aryl methyl sites for hydroxylation is 1. The third-order valence-electron chi connectivity index (χ3n) is 4.36. The maximum Gasteiger partial charge on any atom is 0.217 e. The van der Waals surface area contributed by atoms with Gasteiger partial charge in [-0.1, -0.05) is 12.1 Å². The molecule has 140 valence electrons. The van der Waals surface area contributed by atoms with Crippen LogP contribution in [0.5, 0.6) is 5.75 Å². The lowest BCUT2D eigenvalue weighted by Crippen LogP contribution is -2.41. The van der Waals surface area contributed by atoms with E-state index in [9.17, 15) is 8.42 Å². The number of nitrogens with zero attached hydrogens (tertiary/aromatic N) is 2. The lowest BCUT2D eigenvalue weighted by molar-refractivity contribution is 0.0122. The summed E-state index contributed by atoms with van der Waals surface area (Å²) in [6.07, 6.45) is 3.90. The van der Waals surface area contributed by atoms with Gasteiger partial charge >= 0.3 is 0 Å². The Bertz CT molecular complexity index is 823. The fraction of sp³-hybridized carbons (Fsp3) is 0.444. The first-order valence-corrected chi connectivity index (χ1v) is 10.1. The third kappa shape index (κ3) is 4.38. The fourth-order valence-electron chi connectivity index (χ4n) is 2.90. The number of nitrogens with one attached hydrogen (secondary N) is 1. The lowest BCUT2D eigenvalue weighted by Gasteiger charge is -2.30. The predicted octanol–water partition coefficient (Wildman–Crippen LogP) is 2.13. The molecule has 0 spiro atoms. The molecule has 0 unspecified atom stereocenters. The van der Waals surface area contributed by atoms with Gasteiger partial charge in [0.1, 0.15) is 17.1 Å². The van der Waals surface area contributed by atoms with Crippen molar-refractivity contribution in [3.63, 3.8) is 0 Å². The molecule has 1 fully saturated rings. The average Bonchev–Trinajstić information content (AvgIpc) is 2.67. The van der Waals surface area contributed by atoms with Gasteiger partial charge in [-0.05, 0) is 43.0 Å². The summed E-state index contributed by atoms with van der Waals surface area (Å²) in [6, 6.07) is 7.27. The molecule has 0 aliphatic carbocycles. The van der Waals surface area contributed by atoms with Crippen LogP contribution in [0.2, 0.25) is 0 Å². The van der Waals surface area contributed by atoms with Crippen LogP contribution in [0.4, 0.5) is 0 Å². The number of aromatic nitrogens is 2. The Balaban J connectivity index is 1.73. The monoisotopic (exact) mass is 377 g/mol. The molecule has 1 aliphatic heterocycles. The molecule has 1 aromatic heterocycles. The number of sulfonamides is 1. The number of methoxy groups -OCH3 is 1. The van der Waals surface area contributed by atoms with Crippen molar-refractivity contribution in [1.82, 2.24) is 14.7 Å². The standard InChI is InChI=1S/C18H23N3O4S/c1-13-10-19-18(20-11-13)17-16(4-3-9-25-17)26(22,23)21-12-14-5-7-15(24-2)8-6-14/h5-8,10-11,16-17,21H,3-4,9,12H2,1-2H3/t16-,17+/m1/s1. The van der Waals surface area contributed by atoms with Crippen molar-refractivity contribution in [3.8, 4) is 5.75 Å². The van der Waals surface area contributed by atoms with Gasteiger partial charge in [0.15, 0.2) is 5.82 Å². The summed E-state index contributed by atoms with van der Waals surface area (Å²) >= 11 is 0. The van der Waals surface area contributed by atoms with Crippen molar-refractivity contribution in [2.45, 2.75) is 37.7 Å². The molecule has 8 heteroatoms. The molecule has 0 saturated carbocycles. The lowest BCUT2D eigenvalue weighted by atomic mass is 10.1. The highest BCUT2D eigenvalue weighted by atomic mass is 32.2. The summed E-state index contributed by atoms with van der Waals surface area (Å²) in [5.74, 6) is 1.14. The van der Waals surface area contributed by atoms with Crippen LogP contribution in [0.1, 0.15) is 35.9 Å². The van der Waals surface area contributed by atoms with Crippen LogP contribution < -0.4 is 9.46 Å². The molecule has 3 rings (SSSR count). The first-order valence-electron chi connectivity index (χ1n) is 8.51. The van der Waals surface area contributed by atoms with Crippen molar-refractivity contribution in [2.24, 2.45) is 0 Å². The average molecular weight is 377 g/mol. The summed E-state index contributed by atoms with van der Waals surface area (Å²) in [7, 11) is -2.00. The van der Waals surface area contributed by atoms with Crippen LogP contribution in [0.25, 0.3) is 0 Å². The molecule has 1 N–H and O–H groups in total. The van der Waals surface area contributed by atoms with Gasteiger partial charge in [-0.3, -0.25) is 0 Å². The molecule has 0 amide bonds. The molecule has 0 bridgehead atoms. The summed E-state index contributed by atoms with van der Waals surface area (Å²) in [4.78, 5) is 8.52. The number of rotatable bonds is 6. The van der Waals surface area contributed by atoms with Crippen LogP contribution >= 0.6 is 0 Å². The van der Waals surface area contributed by atoms with Crippen molar-refractivity contribution in [3.05, 3.63) is 53.6 Å². The molecule has 2 aromatic rings. The van der Waals surface area contributed by atoms with Crippen molar-refractivity contribution >= 4 is 10.0 Å². The minimum atomic E-state index is -3.59. The van der Waals surface area contributed by atoms with Crippen LogP contribution in [0, 0.1) is 6.92 Å². The fourth-order valence-corrected chi connectivity index (χ4v) is 4.48. The van der Waals surface area contributed by atoms with E-state index in [0.717, 1.165) is 16.9 Å². The Morgan fingerprint density at radius 2 is 1.92 bits per heavy atom. The number of hydrogen-bond acceptors (Lipinski definition) is 6. The Morgan fingerprint density at radius 1 is 1.23 bits per heavy atom. The highest BCUT2D eigenvalue weighted by molar-refractivity contribution is 7.90. The van der Waals surface area contributed by atoms with Gasteiger partial charge in [-0.15, -0.1) is 0 Å². The van der Waals surface area contributed by atoms with Crippen molar-refractivity contribution in [1.29, 1.82) is 0 Å². The first-order chi connectivity index (χ1) is 12.5. The summed E-state index contributed by atoms with van der Waals surface area (Å²) in [6.45, 7) is 2.60. The quantitative estimate of drug-likeness (QED) is 0.829. The van der Waals surface area contributed by atoms with Gasteiger partial charge in [0, 0.05) is 25.5 Å². The largest absolute Gasteiger partial charge is 0.497 e. The highest BCUT2D eigenvalue weighted by Crippen LogP contribution is 2.31. The SMILES string of the molecule is COc1ccc(CNS(=O)(=O)[C@@H]2CCCO[C@@H]2c2ncc(C)cn2)cc1. The topological polar surface area (TPSA) is 90.4 Å². The molecule has 2 heterocycles. The molecule has 0 radical (unpaired) electrons. The predicted molar refractivity (Wildman–Crippen MR) is 97.2 cm³/mol. The molecule has 1 saturated heterocycles. The number of ether oxygens (including phenoxy) is 2. The highest BCUT2D eigenvalue weighted by Gasteiger charge is 2.38. The van der Waals surface area contributed by atoms with Gasteiger partial charge in [0.05, 0.1) is 7.11 Å². The van der Waals surface area contributed by atoms with Crippen LogP contribution in [-0.2, 0) is 21.3 Å². The number of benzene rings is 1. The smallest absolute Gasteiger partial charge is 0.217 e. The van der Waals surface area contributed by atoms with E-state index in [-0.39, 0.29) is 6.54 Å². The van der Waals surface area contributed by atoms with E-state index in [1.807, 2.05) is 19.1 Å². The van der Waals surface area contributed by atoms with E-state index in [2.05, 4.69) is 14.7 Å². The maximum absolute atomic E-state index is 12.9. The van der Waals surface area contributed by atoms with Gasteiger partial charge in [-0.2, -0.15) is 0 Å². The first kappa shape index (κ1) is 18.8. The Kier molecular flexibility index (Phi) is 5.85. The molecule has 7 nitrogen and oxygen atoms in total. The summed E-state index contributed by atoms with van der Waals surface area (Å²) < 4.78 is 39.2. The van der Waals surface area contributed by atoms with E-state index < -0.39 is 21.4 Å². The van der Waals surface area contributed by atoms with Crippen molar-refractivity contribution in [2.75, 3.05) is 13.7 Å². The second-order valence-corrected chi connectivity index (χ2v) is 8.29. The zero-order valence-electron chi connectivity index (χ0n) is 14.9. The van der Waals surface area contributed by atoms with E-state index in [4.69, 9.17) is 9.47 Å². The van der Waals surface area contributed by atoms with Crippen LogP contribution in [0.15, 0.2) is 36.7 Å². The molecule has 1 aliphatic rings. The minimum absolute atomic E-state index is 0.213. The Labute approximate surface area is 153 Å². The molecule has 1 aromatic carbocycles. The minimum Gasteiger partial charge on any atom is -0.497 e.